The van der Waals surface area contributed by atoms with Crippen molar-refractivity contribution >= 4 is 15.9 Å². The number of pyridine rings is 1. The first-order valence-corrected chi connectivity index (χ1v) is 8.81. The van der Waals surface area contributed by atoms with Gasteiger partial charge in [0, 0.05) is 31.9 Å². The zero-order valence-corrected chi connectivity index (χ0v) is 12.8. The summed E-state index contributed by atoms with van der Waals surface area (Å²) in [4.78, 5) is 18.0. The van der Waals surface area contributed by atoms with Gasteiger partial charge in [0.05, 0.1) is 17.8 Å². The lowest BCUT2D eigenvalue weighted by atomic mass is 10.1. The van der Waals surface area contributed by atoms with Crippen molar-refractivity contribution in [3.8, 4) is 0 Å². The van der Waals surface area contributed by atoms with E-state index in [-0.39, 0.29) is 23.7 Å². The molecule has 0 N–H and O–H groups in total. The summed E-state index contributed by atoms with van der Waals surface area (Å²) in [7, 11) is -3.23. The van der Waals surface area contributed by atoms with Crippen LogP contribution in [0.25, 0.3) is 0 Å². The molecule has 2 aliphatic heterocycles. The zero-order chi connectivity index (χ0) is 15.0. The van der Waals surface area contributed by atoms with Crippen molar-refractivity contribution in [3.05, 3.63) is 30.1 Å². The van der Waals surface area contributed by atoms with Gasteiger partial charge in [-0.2, -0.15) is 4.31 Å². The van der Waals surface area contributed by atoms with Crippen LogP contribution in [0.5, 0.6) is 0 Å². The van der Waals surface area contributed by atoms with E-state index < -0.39 is 10.0 Å². The average molecular weight is 309 g/mol. The zero-order valence-electron chi connectivity index (χ0n) is 12.0. The largest absolute Gasteiger partial charge is 0.334 e. The van der Waals surface area contributed by atoms with E-state index in [1.54, 1.807) is 19.3 Å². The summed E-state index contributed by atoms with van der Waals surface area (Å²) in [6.45, 7) is 2.70. The first-order valence-electron chi connectivity index (χ1n) is 7.21. The van der Waals surface area contributed by atoms with Crippen molar-refractivity contribution in [3.63, 3.8) is 0 Å². The molecule has 1 aromatic heterocycles. The number of fused-ring (bicyclic) bond motifs is 1. The third-order valence-corrected chi connectivity index (χ3v) is 6.29. The van der Waals surface area contributed by atoms with Crippen LogP contribution in [0, 0.1) is 0 Å². The van der Waals surface area contributed by atoms with Crippen molar-refractivity contribution in [2.45, 2.75) is 38.4 Å². The summed E-state index contributed by atoms with van der Waals surface area (Å²) in [5, 5.41) is 0. The van der Waals surface area contributed by atoms with Gasteiger partial charge in [0.1, 0.15) is 0 Å². The van der Waals surface area contributed by atoms with Gasteiger partial charge in [0.2, 0.25) is 15.9 Å². The van der Waals surface area contributed by atoms with Crippen LogP contribution < -0.4 is 0 Å². The molecule has 0 aliphatic carbocycles. The smallest absolute Gasteiger partial charge is 0.224 e. The van der Waals surface area contributed by atoms with Crippen LogP contribution in [0.3, 0.4) is 0 Å². The third kappa shape index (κ3) is 2.55. The molecule has 1 amide bonds. The van der Waals surface area contributed by atoms with Gasteiger partial charge in [-0.1, -0.05) is 0 Å². The fourth-order valence-corrected chi connectivity index (χ4v) is 4.64. The maximum atomic E-state index is 12.2. The second-order valence-corrected chi connectivity index (χ2v) is 7.73. The highest BCUT2D eigenvalue weighted by molar-refractivity contribution is 7.89. The quantitative estimate of drug-likeness (QED) is 0.817. The van der Waals surface area contributed by atoms with Crippen LogP contribution >= 0.6 is 0 Å². The molecule has 21 heavy (non-hydrogen) atoms. The molecule has 114 valence electrons. The summed E-state index contributed by atoms with van der Waals surface area (Å²) in [6.07, 6.45) is 4.43. The molecule has 2 fully saturated rings. The Morgan fingerprint density at radius 2 is 2.00 bits per heavy atom. The molecule has 0 spiro atoms. The molecule has 2 aliphatic rings. The van der Waals surface area contributed by atoms with Gasteiger partial charge in [-0.3, -0.25) is 9.78 Å². The molecule has 0 saturated carbocycles. The van der Waals surface area contributed by atoms with Crippen LogP contribution in [0.1, 0.15) is 25.3 Å². The Hall–Kier alpha value is -1.47. The van der Waals surface area contributed by atoms with E-state index in [2.05, 4.69) is 4.98 Å². The Balaban J connectivity index is 1.79. The van der Waals surface area contributed by atoms with Gasteiger partial charge >= 0.3 is 0 Å². The molecule has 0 bridgehead atoms. The Labute approximate surface area is 124 Å². The SMILES string of the molecule is CCS(=O)(=O)N1CC[C@H]2[C@H]1CC(=O)N2Cc1ccncc1. The fraction of sp³-hybridized carbons (Fsp3) is 0.571. The first kappa shape index (κ1) is 14.5. The summed E-state index contributed by atoms with van der Waals surface area (Å²) >= 11 is 0. The standard InChI is InChI=1S/C14H19N3O3S/c1-2-21(19,20)17-8-5-12-13(17)9-14(18)16(12)10-11-3-6-15-7-4-11/h3-4,6-7,12-13H,2,5,8-10H2,1H3/t12-,13+/m0/s1. The number of carbonyl (C=O) groups excluding carboxylic acids is 1. The molecular weight excluding hydrogens is 290 g/mol. The molecule has 6 nitrogen and oxygen atoms in total. The molecular formula is C14H19N3O3S. The number of carbonyl (C=O) groups is 1. The van der Waals surface area contributed by atoms with Gasteiger partial charge in [-0.25, -0.2) is 8.42 Å². The van der Waals surface area contributed by atoms with Gasteiger partial charge in [-0.15, -0.1) is 0 Å². The molecule has 1 aromatic rings. The van der Waals surface area contributed by atoms with E-state index in [9.17, 15) is 13.2 Å². The topological polar surface area (TPSA) is 70.6 Å². The van der Waals surface area contributed by atoms with Crippen LogP contribution in [0.2, 0.25) is 0 Å². The Morgan fingerprint density at radius 1 is 1.29 bits per heavy atom. The van der Waals surface area contributed by atoms with E-state index in [1.165, 1.54) is 4.31 Å². The lowest BCUT2D eigenvalue weighted by Gasteiger charge is -2.25. The van der Waals surface area contributed by atoms with Crippen LogP contribution in [-0.2, 0) is 21.4 Å². The normalized spacial score (nSPS) is 26.3. The van der Waals surface area contributed by atoms with Crippen LogP contribution in [0.15, 0.2) is 24.5 Å². The van der Waals surface area contributed by atoms with Crippen LogP contribution in [0.4, 0.5) is 0 Å². The summed E-state index contributed by atoms with van der Waals surface area (Å²) < 4.78 is 25.7. The first-order chi connectivity index (χ1) is 10.0. The lowest BCUT2D eigenvalue weighted by molar-refractivity contribution is -0.129. The fourth-order valence-electron chi connectivity index (χ4n) is 3.29. The molecule has 2 atom stereocenters. The predicted molar refractivity (Wildman–Crippen MR) is 77.8 cm³/mol. The number of hydrogen-bond donors (Lipinski definition) is 0. The molecule has 3 heterocycles. The van der Waals surface area contributed by atoms with Crippen molar-refractivity contribution in [2.75, 3.05) is 12.3 Å². The minimum atomic E-state index is -3.23. The van der Waals surface area contributed by atoms with E-state index in [0.29, 0.717) is 19.5 Å². The second kappa shape index (κ2) is 5.38. The minimum absolute atomic E-state index is 0.00647. The second-order valence-electron chi connectivity index (χ2n) is 5.52. The van der Waals surface area contributed by atoms with Gasteiger partial charge in [-0.05, 0) is 31.0 Å². The molecule has 3 rings (SSSR count). The monoisotopic (exact) mass is 309 g/mol. The predicted octanol–water partition coefficient (Wildman–Crippen LogP) is 0.606. The van der Waals surface area contributed by atoms with E-state index in [0.717, 1.165) is 12.0 Å². The maximum Gasteiger partial charge on any atom is 0.224 e. The number of amides is 1. The maximum absolute atomic E-state index is 12.2. The number of hydrogen-bond acceptors (Lipinski definition) is 4. The molecule has 7 heteroatoms. The van der Waals surface area contributed by atoms with Gasteiger partial charge in [0.15, 0.2) is 0 Å². The van der Waals surface area contributed by atoms with Gasteiger partial charge in [0.25, 0.3) is 0 Å². The average Bonchev–Trinajstić information content (AvgIpc) is 3.01. The number of aromatic nitrogens is 1. The molecule has 0 aromatic carbocycles. The number of nitrogens with zero attached hydrogens (tertiary/aromatic N) is 3. The third-order valence-electron chi connectivity index (χ3n) is 4.39. The Kier molecular flexibility index (Phi) is 3.71. The molecule has 0 radical (unpaired) electrons. The lowest BCUT2D eigenvalue weighted by Crippen LogP contribution is -2.40. The van der Waals surface area contributed by atoms with Crippen LogP contribution in [-0.4, -0.2) is 52.9 Å². The summed E-state index contributed by atoms with van der Waals surface area (Å²) in [5.74, 6) is 0.132. The molecule has 2 saturated heterocycles. The Morgan fingerprint density at radius 3 is 2.67 bits per heavy atom. The van der Waals surface area contributed by atoms with Crippen molar-refractivity contribution < 1.29 is 13.2 Å². The summed E-state index contributed by atoms with van der Waals surface area (Å²) in [6, 6.07) is 3.59. The number of rotatable bonds is 4. The highest BCUT2D eigenvalue weighted by Gasteiger charge is 2.49. The highest BCUT2D eigenvalue weighted by Crippen LogP contribution is 2.35. The highest BCUT2D eigenvalue weighted by atomic mass is 32.2. The number of likely N-dealkylation sites (tertiary alicyclic amines) is 1. The van der Waals surface area contributed by atoms with E-state index in [1.807, 2.05) is 17.0 Å². The molecule has 0 unspecified atom stereocenters. The number of sulfonamides is 1. The minimum Gasteiger partial charge on any atom is -0.334 e. The van der Waals surface area contributed by atoms with Crippen molar-refractivity contribution in [1.82, 2.24) is 14.2 Å². The summed E-state index contributed by atoms with van der Waals surface area (Å²) in [5.41, 5.74) is 1.02. The Bertz CT molecular complexity index is 632. The van der Waals surface area contributed by atoms with Crippen molar-refractivity contribution in [2.24, 2.45) is 0 Å². The van der Waals surface area contributed by atoms with E-state index >= 15 is 0 Å². The van der Waals surface area contributed by atoms with E-state index in [4.69, 9.17) is 0 Å². The van der Waals surface area contributed by atoms with Crippen molar-refractivity contribution in [1.29, 1.82) is 0 Å². The van der Waals surface area contributed by atoms with Gasteiger partial charge < -0.3 is 4.90 Å².